The van der Waals surface area contributed by atoms with E-state index >= 15 is 0 Å². The molecule has 0 aliphatic rings. The van der Waals surface area contributed by atoms with Crippen molar-refractivity contribution in [3.8, 4) is 0 Å². The lowest BCUT2D eigenvalue weighted by atomic mass is 10.5. The summed E-state index contributed by atoms with van der Waals surface area (Å²) < 4.78 is 3.14. The number of hydrogen-bond acceptors (Lipinski definition) is 3. The fraction of sp³-hybridized carbons (Fsp3) is 0.750. The van der Waals surface area contributed by atoms with Gasteiger partial charge in [0.15, 0.2) is 0 Å². The Morgan fingerprint density at radius 3 is 1.78 bits per heavy atom. The fourth-order valence-electron chi connectivity index (χ4n) is 0. The summed E-state index contributed by atoms with van der Waals surface area (Å²) in [5.41, 5.74) is 0. The van der Waals surface area contributed by atoms with Crippen molar-refractivity contribution in [1.29, 1.82) is 0 Å². The van der Waals surface area contributed by atoms with Crippen LogP contribution in [0.5, 0.6) is 0 Å². The van der Waals surface area contributed by atoms with Gasteiger partial charge in [0.1, 0.15) is 11.9 Å². The number of carbonyl (C=O) groups is 1. The summed E-state index contributed by atoms with van der Waals surface area (Å²) in [5, 5.41) is 15.4. The fourth-order valence-corrected chi connectivity index (χ4v) is 0. The quantitative estimate of drug-likeness (QED) is 0.554. The van der Waals surface area contributed by atoms with Crippen LogP contribution < -0.4 is 0 Å². The highest BCUT2D eigenvalue weighted by Gasteiger charge is 1.84. The molecular weight excluding hydrogens is 147 g/mol. The molecule has 0 aromatic heterocycles. The van der Waals surface area contributed by atoms with Gasteiger partial charge in [-0.3, -0.25) is 0 Å². The molecule has 0 spiro atoms. The third kappa shape index (κ3) is 99.2. The van der Waals surface area contributed by atoms with Gasteiger partial charge in [0.25, 0.3) is 0 Å². The van der Waals surface area contributed by atoms with Gasteiger partial charge in [0, 0.05) is 6.10 Å². The zero-order chi connectivity index (χ0) is 7.86. The van der Waals surface area contributed by atoms with Gasteiger partial charge in [-0.05, 0) is 13.8 Å². The number of carboxylic acid groups (broad SMARTS) is 1. The van der Waals surface area contributed by atoms with Crippen LogP contribution in [-0.4, -0.2) is 22.5 Å². The minimum Gasteiger partial charge on any atom is -0.449 e. The van der Waals surface area contributed by atoms with E-state index in [0.29, 0.717) is 0 Å². The van der Waals surface area contributed by atoms with Crippen molar-refractivity contribution >= 4 is 18.0 Å². The summed E-state index contributed by atoms with van der Waals surface area (Å²) >= 11 is 4.24. The maximum atomic E-state index is 9.01. The smallest absolute Gasteiger partial charge is 0.449 e. The number of aliphatic hydroxyl groups is 1. The van der Waals surface area contributed by atoms with Gasteiger partial charge in [0.2, 0.25) is 0 Å². The first kappa shape index (κ1) is 11.3. The van der Waals surface area contributed by atoms with E-state index in [1.165, 1.54) is 0 Å². The summed E-state index contributed by atoms with van der Waals surface area (Å²) in [6.07, 6.45) is -1.65. The molecule has 0 aliphatic heterocycles. The molecule has 0 amide bonds. The van der Waals surface area contributed by atoms with Crippen molar-refractivity contribution in [2.75, 3.05) is 0 Å². The highest BCUT2D eigenvalue weighted by Crippen LogP contribution is 1.75. The van der Waals surface area contributed by atoms with Crippen molar-refractivity contribution in [1.82, 2.24) is 0 Å². The van der Waals surface area contributed by atoms with Gasteiger partial charge < -0.3 is 14.5 Å². The lowest BCUT2D eigenvalue weighted by Gasteiger charge is -1.80. The zero-order valence-corrected chi connectivity index (χ0v) is 5.92. The normalized spacial score (nSPS) is 7.67. The van der Waals surface area contributed by atoms with Gasteiger partial charge in [-0.2, -0.15) is 0 Å². The summed E-state index contributed by atoms with van der Waals surface area (Å²) in [6.45, 7) is 3.44. The molecule has 0 radical (unpaired) electrons. The van der Waals surface area contributed by atoms with Crippen LogP contribution in [-0.2, 0) is 4.29 Å². The lowest BCUT2D eigenvalue weighted by molar-refractivity contribution is 0.149. The molecule has 0 atom stereocenters. The first-order chi connectivity index (χ1) is 4.00. The summed E-state index contributed by atoms with van der Waals surface area (Å²) in [5.74, 6) is 0. The van der Waals surface area contributed by atoms with Crippen molar-refractivity contribution in [2.45, 2.75) is 20.0 Å². The van der Waals surface area contributed by atoms with Crippen molar-refractivity contribution in [2.24, 2.45) is 0 Å². The zero-order valence-electron chi connectivity index (χ0n) is 5.17. The Balaban J connectivity index is 0. The maximum Gasteiger partial charge on any atom is 0.524 e. The minimum absolute atomic E-state index is 0.167. The van der Waals surface area contributed by atoms with E-state index in [1.807, 2.05) is 0 Å². The summed E-state index contributed by atoms with van der Waals surface area (Å²) in [7, 11) is 0. The number of halogens is 1. The van der Waals surface area contributed by atoms with Crippen LogP contribution in [0.3, 0.4) is 0 Å². The molecule has 9 heavy (non-hydrogen) atoms. The van der Waals surface area contributed by atoms with E-state index in [9.17, 15) is 0 Å². The first-order valence-electron chi connectivity index (χ1n) is 2.20. The van der Waals surface area contributed by atoms with Gasteiger partial charge in [-0.25, -0.2) is 4.79 Å². The molecule has 0 saturated carbocycles. The van der Waals surface area contributed by atoms with Gasteiger partial charge in [0.05, 0.1) is 0 Å². The Labute approximate surface area is 58.2 Å². The minimum atomic E-state index is -1.48. The predicted octanol–water partition coefficient (Wildman–Crippen LogP) is 1.22. The Morgan fingerprint density at radius 1 is 1.67 bits per heavy atom. The average molecular weight is 157 g/mol. The molecule has 4 nitrogen and oxygen atoms in total. The molecule has 0 aromatic rings. The molecule has 5 heteroatoms. The predicted molar refractivity (Wildman–Crippen MR) is 32.3 cm³/mol. The molecule has 2 N–H and O–H groups in total. The SMILES string of the molecule is CC(C)O.O=C(O)OCl. The van der Waals surface area contributed by atoms with Crippen LogP contribution in [0.4, 0.5) is 4.79 Å². The third-order valence-corrected chi connectivity index (χ3v) is 0.198. The molecular formula is C4H9ClO4. The molecule has 0 saturated heterocycles. The highest BCUT2D eigenvalue weighted by molar-refractivity contribution is 6.12. The van der Waals surface area contributed by atoms with Crippen LogP contribution in [0.15, 0.2) is 0 Å². The van der Waals surface area contributed by atoms with Crippen molar-refractivity contribution in [3.63, 3.8) is 0 Å². The molecule has 0 fully saturated rings. The number of hydrogen-bond donors (Lipinski definition) is 2. The van der Waals surface area contributed by atoms with Crippen LogP contribution in [0.25, 0.3) is 0 Å². The Hall–Kier alpha value is -0.480. The second kappa shape index (κ2) is 7.52. The van der Waals surface area contributed by atoms with Crippen LogP contribution in [0.1, 0.15) is 13.8 Å². The van der Waals surface area contributed by atoms with E-state index in [0.717, 1.165) is 0 Å². The molecule has 0 bridgehead atoms. The Morgan fingerprint density at radius 2 is 1.78 bits per heavy atom. The molecule has 56 valence electrons. The largest absolute Gasteiger partial charge is 0.524 e. The second-order valence-electron chi connectivity index (χ2n) is 1.44. The van der Waals surface area contributed by atoms with E-state index in [4.69, 9.17) is 15.0 Å². The van der Waals surface area contributed by atoms with Crippen molar-refractivity contribution in [3.05, 3.63) is 0 Å². The van der Waals surface area contributed by atoms with Gasteiger partial charge >= 0.3 is 6.16 Å². The van der Waals surface area contributed by atoms with Crippen LogP contribution in [0.2, 0.25) is 0 Å². The van der Waals surface area contributed by atoms with E-state index in [2.05, 4.69) is 16.2 Å². The van der Waals surface area contributed by atoms with Crippen LogP contribution in [0, 0.1) is 0 Å². The number of aliphatic hydroxyl groups excluding tert-OH is 1. The standard InChI is InChI=1S/C3H8O.CHClO3/c1-3(2)4;2-5-1(3)4/h3-4H,1-2H3;(H,3,4). The molecule has 0 unspecified atom stereocenters. The van der Waals surface area contributed by atoms with Crippen LogP contribution >= 0.6 is 11.9 Å². The monoisotopic (exact) mass is 156 g/mol. The average Bonchev–Trinajstić information content (AvgIpc) is 1.65. The van der Waals surface area contributed by atoms with Crippen molar-refractivity contribution < 1.29 is 19.3 Å². The maximum absolute atomic E-state index is 9.01. The number of rotatable bonds is 0. The summed E-state index contributed by atoms with van der Waals surface area (Å²) in [4.78, 5) is 9.01. The molecule has 0 rings (SSSR count). The van der Waals surface area contributed by atoms with E-state index in [-0.39, 0.29) is 6.10 Å². The molecule has 0 heterocycles. The third-order valence-electron chi connectivity index (χ3n) is 0.0660. The first-order valence-corrected chi connectivity index (χ1v) is 2.51. The Bertz CT molecular complexity index is 70.2. The van der Waals surface area contributed by atoms with E-state index in [1.54, 1.807) is 13.8 Å². The molecule has 0 aromatic carbocycles. The lowest BCUT2D eigenvalue weighted by Crippen LogP contribution is -1.85. The highest BCUT2D eigenvalue weighted by atomic mass is 35.5. The topological polar surface area (TPSA) is 66.8 Å². The Kier molecular flexibility index (Phi) is 9.47. The second-order valence-corrected chi connectivity index (χ2v) is 1.59. The molecule has 0 aliphatic carbocycles. The van der Waals surface area contributed by atoms with Gasteiger partial charge in [-0.15, -0.1) is 0 Å². The summed E-state index contributed by atoms with van der Waals surface area (Å²) in [6, 6.07) is 0. The van der Waals surface area contributed by atoms with Gasteiger partial charge in [-0.1, -0.05) is 0 Å². The van der Waals surface area contributed by atoms with E-state index < -0.39 is 6.16 Å².